The number of hydrogen-bond donors (Lipinski definition) is 2. The van der Waals surface area contributed by atoms with Gasteiger partial charge >= 0.3 is 10.4 Å². The van der Waals surface area contributed by atoms with Crippen molar-refractivity contribution >= 4 is 21.2 Å². The molecule has 0 aromatic heterocycles. The summed E-state index contributed by atoms with van der Waals surface area (Å²) in [6.45, 7) is 0. The van der Waals surface area contributed by atoms with Crippen molar-refractivity contribution in [1.29, 1.82) is 0 Å². The van der Waals surface area contributed by atoms with Crippen molar-refractivity contribution in [3.05, 3.63) is 0 Å². The standard InChI is InChI=1S/C2H6OS.Fe.H2O5S/c1-4(2)3;;1-5-6(2,3)4/h1-2H3;;1H,(H,2,3,4). The molecule has 0 atom stereocenters. The molecule has 2 N–H and O–H groups in total. The molecule has 11 heavy (non-hydrogen) atoms. The Labute approximate surface area is 77.8 Å². The first-order valence-corrected chi connectivity index (χ1v) is 5.18. The molecule has 72 valence electrons. The van der Waals surface area contributed by atoms with E-state index >= 15 is 0 Å². The van der Waals surface area contributed by atoms with Crippen molar-refractivity contribution in [2.45, 2.75) is 0 Å². The smallest absolute Gasteiger partial charge is 0.262 e. The van der Waals surface area contributed by atoms with Gasteiger partial charge in [0.25, 0.3) is 0 Å². The second-order valence-corrected chi connectivity index (χ2v) is 3.73. The SMILES string of the molecule is CS(C)=O.O=S(=O)(O)OO.[Fe]. The van der Waals surface area contributed by atoms with Crippen molar-refractivity contribution in [2.75, 3.05) is 12.5 Å². The summed E-state index contributed by atoms with van der Waals surface area (Å²) in [5, 5.41) is 7.06. The zero-order valence-electron chi connectivity index (χ0n) is 5.70. The van der Waals surface area contributed by atoms with Crippen LogP contribution in [0.4, 0.5) is 0 Å². The first kappa shape index (κ1) is 17.5. The molecule has 0 unspecified atom stereocenters. The Kier molecular flexibility index (Phi) is 13.7. The van der Waals surface area contributed by atoms with Crippen LogP contribution >= 0.6 is 0 Å². The minimum atomic E-state index is -4.61. The van der Waals surface area contributed by atoms with Crippen LogP contribution in [0.15, 0.2) is 0 Å². The van der Waals surface area contributed by atoms with Crippen molar-refractivity contribution in [3.63, 3.8) is 0 Å². The van der Waals surface area contributed by atoms with Gasteiger partial charge in [0.1, 0.15) is 0 Å². The summed E-state index contributed by atoms with van der Waals surface area (Å²) >= 11 is 0. The zero-order valence-corrected chi connectivity index (χ0v) is 8.43. The predicted octanol–water partition coefficient (Wildman–Crippen LogP) is -0.729. The van der Waals surface area contributed by atoms with Crippen LogP contribution in [-0.2, 0) is 42.6 Å². The molecule has 0 rings (SSSR count). The van der Waals surface area contributed by atoms with E-state index < -0.39 is 21.2 Å². The van der Waals surface area contributed by atoms with Gasteiger partial charge in [-0.2, -0.15) is 8.42 Å². The van der Waals surface area contributed by atoms with Gasteiger partial charge in [-0.05, 0) is 0 Å². The quantitative estimate of drug-likeness (QED) is 0.274. The molecule has 0 aromatic rings. The van der Waals surface area contributed by atoms with Gasteiger partial charge in [0, 0.05) is 40.4 Å². The fraction of sp³-hybridized carbons (Fsp3) is 1.00. The molecule has 0 amide bonds. The molecule has 0 aliphatic rings. The molecule has 0 aromatic carbocycles. The van der Waals surface area contributed by atoms with Gasteiger partial charge < -0.3 is 0 Å². The number of rotatable bonds is 1. The maximum atomic E-state index is 9.56. The molecule has 0 saturated heterocycles. The Bertz CT molecular complexity index is 181. The third kappa shape index (κ3) is 61.9. The Balaban J connectivity index is -0.000000114. The fourth-order valence-corrected chi connectivity index (χ4v) is 0. The van der Waals surface area contributed by atoms with E-state index in [9.17, 15) is 4.21 Å². The van der Waals surface area contributed by atoms with E-state index in [1.54, 1.807) is 12.5 Å². The van der Waals surface area contributed by atoms with E-state index in [2.05, 4.69) is 4.33 Å². The van der Waals surface area contributed by atoms with Gasteiger partial charge in [-0.3, -0.25) is 8.76 Å². The van der Waals surface area contributed by atoms with Gasteiger partial charge in [0.05, 0.1) is 0 Å². The Morgan fingerprint density at radius 1 is 1.36 bits per heavy atom. The summed E-state index contributed by atoms with van der Waals surface area (Å²) in [6.07, 6.45) is 3.28. The first-order chi connectivity index (χ1) is 4.29. The predicted molar refractivity (Wildman–Crippen MR) is 35.3 cm³/mol. The summed E-state index contributed by atoms with van der Waals surface area (Å²) < 4.78 is 37.5. The number of hydrogen-bond acceptors (Lipinski definition) is 5. The minimum Gasteiger partial charge on any atom is -0.262 e. The van der Waals surface area contributed by atoms with Crippen molar-refractivity contribution < 1.29 is 43.8 Å². The topological polar surface area (TPSA) is 101 Å². The molecule has 0 radical (unpaired) electrons. The molecule has 0 aliphatic carbocycles. The van der Waals surface area contributed by atoms with E-state index in [0.717, 1.165) is 0 Å². The van der Waals surface area contributed by atoms with Crippen LogP contribution < -0.4 is 0 Å². The minimum absolute atomic E-state index is 0. The molecular formula is C2H8FeO6S2. The average Bonchev–Trinajstić information content (AvgIpc) is 1.63. The van der Waals surface area contributed by atoms with Crippen LogP contribution in [0.25, 0.3) is 0 Å². The van der Waals surface area contributed by atoms with Crippen LogP contribution in [0.1, 0.15) is 0 Å². The van der Waals surface area contributed by atoms with E-state index in [1.165, 1.54) is 0 Å². The zero-order chi connectivity index (χ0) is 8.78. The Morgan fingerprint density at radius 3 is 1.45 bits per heavy atom. The molecule has 0 fully saturated rings. The van der Waals surface area contributed by atoms with E-state index in [4.69, 9.17) is 18.2 Å². The largest absolute Gasteiger partial charge is 0.423 e. The second-order valence-electron chi connectivity index (χ2n) is 1.24. The molecule has 0 heterocycles. The summed E-state index contributed by atoms with van der Waals surface area (Å²) in [6, 6.07) is 0. The van der Waals surface area contributed by atoms with E-state index in [-0.39, 0.29) is 17.1 Å². The molecule has 6 nitrogen and oxygen atoms in total. The Morgan fingerprint density at radius 2 is 1.45 bits per heavy atom. The van der Waals surface area contributed by atoms with Crippen LogP contribution in [0, 0.1) is 0 Å². The third-order valence-corrected chi connectivity index (χ3v) is 0.283. The molecular weight excluding hydrogens is 240 g/mol. The maximum Gasteiger partial charge on any atom is 0.423 e. The molecule has 9 heteroatoms. The van der Waals surface area contributed by atoms with Gasteiger partial charge in [0.2, 0.25) is 0 Å². The average molecular weight is 248 g/mol. The Hall–Kier alpha value is 0.499. The van der Waals surface area contributed by atoms with Crippen molar-refractivity contribution in [2.24, 2.45) is 0 Å². The normalized spacial score (nSPS) is 9.55. The summed E-state index contributed by atoms with van der Waals surface area (Å²) in [7, 11) is -5.22. The summed E-state index contributed by atoms with van der Waals surface area (Å²) in [4.78, 5) is 0. The molecule has 0 aliphatic heterocycles. The summed E-state index contributed by atoms with van der Waals surface area (Å²) in [5.74, 6) is 0. The van der Waals surface area contributed by atoms with E-state index in [0.29, 0.717) is 0 Å². The first-order valence-electron chi connectivity index (χ1n) is 1.85. The van der Waals surface area contributed by atoms with Crippen molar-refractivity contribution in [3.8, 4) is 0 Å². The van der Waals surface area contributed by atoms with Crippen LogP contribution in [0.3, 0.4) is 0 Å². The summed E-state index contributed by atoms with van der Waals surface area (Å²) in [5.41, 5.74) is 0. The van der Waals surface area contributed by atoms with Gasteiger partial charge in [-0.1, -0.05) is 4.33 Å². The van der Waals surface area contributed by atoms with Crippen LogP contribution in [0.2, 0.25) is 0 Å². The molecule has 0 spiro atoms. The van der Waals surface area contributed by atoms with Gasteiger partial charge in [0.15, 0.2) is 0 Å². The van der Waals surface area contributed by atoms with Gasteiger partial charge in [-0.25, -0.2) is 5.26 Å². The van der Waals surface area contributed by atoms with Crippen LogP contribution in [-0.4, -0.2) is 34.9 Å². The second kappa shape index (κ2) is 8.59. The van der Waals surface area contributed by atoms with Gasteiger partial charge in [-0.15, -0.1) is 0 Å². The third-order valence-electron chi connectivity index (χ3n) is 0.0942. The molecule has 0 bridgehead atoms. The maximum absolute atomic E-state index is 9.56. The van der Waals surface area contributed by atoms with Crippen LogP contribution in [0.5, 0.6) is 0 Å². The van der Waals surface area contributed by atoms with E-state index in [1.807, 2.05) is 0 Å². The van der Waals surface area contributed by atoms with Crippen molar-refractivity contribution in [1.82, 2.24) is 0 Å². The fourth-order valence-electron chi connectivity index (χ4n) is 0. The molecule has 0 saturated carbocycles. The monoisotopic (exact) mass is 248 g/mol.